The van der Waals surface area contributed by atoms with Gasteiger partial charge in [0, 0.05) is 35.4 Å². The molecule has 1 fully saturated rings. The molecule has 164 valence electrons. The van der Waals surface area contributed by atoms with Crippen LogP contribution in [0.25, 0.3) is 0 Å². The summed E-state index contributed by atoms with van der Waals surface area (Å²) in [6.07, 6.45) is 4.25. The molecule has 8 nitrogen and oxygen atoms in total. The van der Waals surface area contributed by atoms with Gasteiger partial charge in [-0.05, 0) is 61.8 Å². The minimum absolute atomic E-state index is 0.0791. The Bertz CT molecular complexity index is 993. The summed E-state index contributed by atoms with van der Waals surface area (Å²) in [5, 5.41) is 15.3. The lowest BCUT2D eigenvalue weighted by Crippen LogP contribution is -2.43. The van der Waals surface area contributed by atoms with Crippen LogP contribution in [0.5, 0.6) is 0 Å². The van der Waals surface area contributed by atoms with Crippen molar-refractivity contribution in [1.82, 2.24) is 10.9 Å². The van der Waals surface area contributed by atoms with Gasteiger partial charge in [-0.2, -0.15) is 0 Å². The van der Waals surface area contributed by atoms with E-state index in [0.29, 0.717) is 16.4 Å². The van der Waals surface area contributed by atoms with Crippen LogP contribution >= 0.6 is 23.8 Å². The highest BCUT2D eigenvalue weighted by Crippen LogP contribution is 2.31. The van der Waals surface area contributed by atoms with Crippen molar-refractivity contribution in [1.29, 1.82) is 0 Å². The van der Waals surface area contributed by atoms with Gasteiger partial charge in [-0.15, -0.1) is 0 Å². The molecule has 0 aromatic heterocycles. The van der Waals surface area contributed by atoms with Crippen molar-refractivity contribution < 1.29 is 9.72 Å². The van der Waals surface area contributed by atoms with Crippen LogP contribution in [0, 0.1) is 17.0 Å². The van der Waals surface area contributed by atoms with Gasteiger partial charge in [0.15, 0.2) is 5.11 Å². The number of anilines is 2. The predicted octanol–water partition coefficient (Wildman–Crippen LogP) is 4.57. The molecule has 0 bridgehead atoms. The quantitative estimate of drug-likeness (QED) is 0.348. The number of nitro benzene ring substituents is 1. The fourth-order valence-electron chi connectivity index (χ4n) is 3.41. The van der Waals surface area contributed by atoms with Crippen LogP contribution in [0.1, 0.15) is 41.6 Å². The molecule has 0 unspecified atom stereocenters. The number of hydrogen-bond acceptors (Lipinski definition) is 5. The van der Waals surface area contributed by atoms with Gasteiger partial charge in [-0.1, -0.05) is 30.5 Å². The van der Waals surface area contributed by atoms with Gasteiger partial charge < -0.3 is 10.2 Å². The molecule has 2 aromatic rings. The number of halogens is 1. The molecular formula is C21H24ClN5O3S. The van der Waals surface area contributed by atoms with E-state index in [-0.39, 0.29) is 16.4 Å². The number of hydrogen-bond donors (Lipinski definition) is 3. The van der Waals surface area contributed by atoms with Crippen LogP contribution in [0.15, 0.2) is 36.4 Å². The second kappa shape index (κ2) is 10.4. The average molecular weight is 462 g/mol. The van der Waals surface area contributed by atoms with Crippen LogP contribution in [-0.2, 0) is 0 Å². The Labute approximate surface area is 191 Å². The molecule has 3 N–H and O–H groups in total. The molecule has 3 rings (SSSR count). The normalized spacial score (nSPS) is 13.8. The van der Waals surface area contributed by atoms with Crippen LogP contribution in [0.2, 0.25) is 5.02 Å². The Morgan fingerprint density at radius 1 is 1.10 bits per heavy atom. The molecule has 1 aliphatic rings. The Morgan fingerprint density at radius 3 is 2.45 bits per heavy atom. The molecule has 1 amide bonds. The third kappa shape index (κ3) is 6.05. The summed E-state index contributed by atoms with van der Waals surface area (Å²) >= 11 is 11.3. The van der Waals surface area contributed by atoms with Gasteiger partial charge in [0.25, 0.3) is 11.6 Å². The van der Waals surface area contributed by atoms with E-state index in [1.165, 1.54) is 6.07 Å². The summed E-state index contributed by atoms with van der Waals surface area (Å²) in [7, 11) is 0. The summed E-state index contributed by atoms with van der Waals surface area (Å²) in [5.41, 5.74) is 7.29. The van der Waals surface area contributed by atoms with Crippen LogP contribution in [-0.4, -0.2) is 29.0 Å². The monoisotopic (exact) mass is 461 g/mol. The topological polar surface area (TPSA) is 99.5 Å². The fraction of sp³-hybridized carbons (Fsp3) is 0.333. The molecule has 31 heavy (non-hydrogen) atoms. The predicted molar refractivity (Wildman–Crippen MR) is 127 cm³/mol. The van der Waals surface area contributed by atoms with E-state index in [1.807, 2.05) is 24.0 Å². The summed E-state index contributed by atoms with van der Waals surface area (Å²) in [6, 6.07) is 9.90. The van der Waals surface area contributed by atoms with E-state index in [2.05, 4.69) is 16.2 Å². The van der Waals surface area contributed by atoms with E-state index in [1.54, 1.807) is 18.2 Å². The van der Waals surface area contributed by atoms with Crippen molar-refractivity contribution in [2.75, 3.05) is 23.3 Å². The van der Waals surface area contributed by atoms with Crippen LogP contribution < -0.4 is 21.1 Å². The van der Waals surface area contributed by atoms with E-state index in [0.717, 1.165) is 44.3 Å². The smallest absolute Gasteiger partial charge is 0.293 e. The van der Waals surface area contributed by atoms with Gasteiger partial charge in [0.2, 0.25) is 0 Å². The minimum Gasteiger partial charge on any atom is -0.366 e. The van der Waals surface area contributed by atoms with Crippen molar-refractivity contribution in [3.63, 3.8) is 0 Å². The summed E-state index contributed by atoms with van der Waals surface area (Å²) in [4.78, 5) is 25.7. The number of nitrogens with zero attached hydrogens (tertiary/aromatic N) is 2. The highest BCUT2D eigenvalue weighted by Gasteiger charge is 2.22. The first-order valence-corrected chi connectivity index (χ1v) is 10.8. The molecule has 0 aliphatic carbocycles. The lowest BCUT2D eigenvalue weighted by Gasteiger charge is -2.22. The van der Waals surface area contributed by atoms with E-state index in [4.69, 9.17) is 23.8 Å². The fourth-order valence-corrected chi connectivity index (χ4v) is 3.76. The molecule has 0 atom stereocenters. The van der Waals surface area contributed by atoms with Crippen LogP contribution in [0.3, 0.4) is 0 Å². The first-order valence-electron chi connectivity index (χ1n) is 10.0. The van der Waals surface area contributed by atoms with E-state index < -0.39 is 10.8 Å². The van der Waals surface area contributed by atoms with Gasteiger partial charge in [0.05, 0.1) is 4.92 Å². The molecule has 0 saturated carbocycles. The minimum atomic E-state index is -0.531. The highest BCUT2D eigenvalue weighted by atomic mass is 35.5. The number of rotatable bonds is 4. The van der Waals surface area contributed by atoms with Crippen molar-refractivity contribution in [3.8, 4) is 0 Å². The lowest BCUT2D eigenvalue weighted by molar-refractivity contribution is -0.384. The number of thiocarbonyl (C=S) groups is 1. The molecular weight excluding hydrogens is 438 g/mol. The zero-order valence-electron chi connectivity index (χ0n) is 17.1. The Morgan fingerprint density at radius 2 is 1.81 bits per heavy atom. The van der Waals surface area contributed by atoms with E-state index in [9.17, 15) is 14.9 Å². The largest absolute Gasteiger partial charge is 0.366 e. The second-order valence-electron chi connectivity index (χ2n) is 7.36. The van der Waals surface area contributed by atoms with Gasteiger partial charge in [-0.3, -0.25) is 25.8 Å². The van der Waals surface area contributed by atoms with Gasteiger partial charge in [0.1, 0.15) is 5.69 Å². The third-order valence-electron chi connectivity index (χ3n) is 5.10. The zero-order chi connectivity index (χ0) is 22.4. The van der Waals surface area contributed by atoms with Gasteiger partial charge in [-0.25, -0.2) is 0 Å². The van der Waals surface area contributed by atoms with E-state index >= 15 is 0 Å². The maximum atomic E-state index is 12.5. The van der Waals surface area contributed by atoms with Crippen molar-refractivity contribution >= 4 is 51.9 Å². The number of amides is 1. The third-order valence-corrected chi connectivity index (χ3v) is 5.71. The maximum absolute atomic E-state index is 12.5. The number of aryl methyl sites for hydroxylation is 1. The average Bonchev–Trinajstić information content (AvgIpc) is 3.03. The number of carbonyl (C=O) groups excluding carboxylic acids is 1. The number of benzene rings is 2. The molecule has 1 aliphatic heterocycles. The van der Waals surface area contributed by atoms with Crippen molar-refractivity contribution in [2.24, 2.45) is 0 Å². The summed E-state index contributed by atoms with van der Waals surface area (Å²) in [6.45, 7) is 3.44. The second-order valence-corrected chi connectivity index (χ2v) is 8.17. The SMILES string of the molecule is Cc1ccc(NC(=S)NNC(=O)c2ccc(N3CCCCCC3)c([N+](=O)[O-])c2)cc1Cl. The maximum Gasteiger partial charge on any atom is 0.293 e. The first kappa shape index (κ1) is 22.8. The van der Waals surface area contributed by atoms with Crippen LogP contribution in [0.4, 0.5) is 17.1 Å². The first-order chi connectivity index (χ1) is 14.8. The molecule has 2 aromatic carbocycles. The number of nitrogens with one attached hydrogen (secondary N) is 3. The zero-order valence-corrected chi connectivity index (χ0v) is 18.7. The Balaban J connectivity index is 1.65. The van der Waals surface area contributed by atoms with Crippen molar-refractivity contribution in [2.45, 2.75) is 32.6 Å². The molecule has 10 heteroatoms. The Kier molecular flexibility index (Phi) is 7.64. The lowest BCUT2D eigenvalue weighted by atomic mass is 10.1. The molecule has 1 heterocycles. The van der Waals surface area contributed by atoms with Crippen molar-refractivity contribution in [3.05, 3.63) is 62.7 Å². The standard InChI is InChI=1S/C21H24ClN5O3S/c1-14-6-8-16(13-17(14)22)23-21(31)25-24-20(28)15-7-9-18(19(12-15)27(29)30)26-10-4-2-3-5-11-26/h6-9,12-13H,2-5,10-11H2,1H3,(H,24,28)(H2,23,25,31). The molecule has 0 spiro atoms. The van der Waals surface area contributed by atoms with Gasteiger partial charge >= 0.3 is 0 Å². The molecule has 1 saturated heterocycles. The highest BCUT2D eigenvalue weighted by molar-refractivity contribution is 7.80. The Hall–Kier alpha value is -2.91. The number of carbonyl (C=O) groups is 1. The molecule has 0 radical (unpaired) electrons. The number of hydrazine groups is 1. The summed E-state index contributed by atoms with van der Waals surface area (Å²) < 4.78 is 0. The number of nitro groups is 1. The summed E-state index contributed by atoms with van der Waals surface area (Å²) in [5.74, 6) is -0.531.